The Morgan fingerprint density at radius 2 is 2.12 bits per heavy atom. The van der Waals surface area contributed by atoms with Gasteiger partial charge in [-0.2, -0.15) is 0 Å². The SMILES string of the molecule is COc1ccc(C(=O)Nc2nc(CN3CC(C)CC(C)C3)cs2)cc1Br. The van der Waals surface area contributed by atoms with Gasteiger partial charge in [0.1, 0.15) is 5.75 Å². The largest absolute Gasteiger partial charge is 0.496 e. The number of nitrogens with zero attached hydrogens (tertiary/aromatic N) is 2. The van der Waals surface area contributed by atoms with Crippen LogP contribution in [0.5, 0.6) is 5.75 Å². The summed E-state index contributed by atoms with van der Waals surface area (Å²) in [5.74, 6) is 1.98. The van der Waals surface area contributed by atoms with E-state index in [4.69, 9.17) is 4.74 Å². The van der Waals surface area contributed by atoms with Gasteiger partial charge in [0.05, 0.1) is 17.3 Å². The zero-order chi connectivity index (χ0) is 18.7. The van der Waals surface area contributed by atoms with E-state index in [1.54, 1.807) is 25.3 Å². The molecule has 1 amide bonds. The Morgan fingerprint density at radius 3 is 2.77 bits per heavy atom. The van der Waals surface area contributed by atoms with Crippen LogP contribution in [0.3, 0.4) is 0 Å². The average molecular weight is 438 g/mol. The molecule has 2 atom stereocenters. The normalized spacial score (nSPS) is 20.8. The van der Waals surface area contributed by atoms with Gasteiger partial charge in [-0.15, -0.1) is 11.3 Å². The fourth-order valence-electron chi connectivity index (χ4n) is 3.56. The summed E-state index contributed by atoms with van der Waals surface area (Å²) in [6, 6.07) is 5.26. The molecule has 2 unspecified atom stereocenters. The van der Waals surface area contributed by atoms with Gasteiger partial charge in [0.2, 0.25) is 0 Å². The van der Waals surface area contributed by atoms with E-state index in [1.165, 1.54) is 17.8 Å². The predicted octanol–water partition coefficient (Wildman–Crippen LogP) is 4.64. The number of carbonyl (C=O) groups excluding carboxylic acids is 1. The third kappa shape index (κ3) is 4.84. The molecular formula is C19H24BrN3O2S. The Kier molecular flexibility index (Phi) is 6.32. The summed E-state index contributed by atoms with van der Waals surface area (Å²) in [7, 11) is 1.60. The minimum Gasteiger partial charge on any atom is -0.496 e. The number of carbonyl (C=O) groups is 1. The van der Waals surface area contributed by atoms with Gasteiger partial charge in [-0.05, 0) is 52.4 Å². The molecule has 7 heteroatoms. The van der Waals surface area contributed by atoms with E-state index in [0.29, 0.717) is 16.4 Å². The standard InChI is InChI=1S/C19H24BrN3O2S/c1-12-6-13(2)9-23(8-12)10-15-11-26-19(21-15)22-18(24)14-4-5-17(25-3)16(20)7-14/h4-5,7,11-13H,6,8-10H2,1-3H3,(H,21,22,24). The molecule has 1 N–H and O–H groups in total. The summed E-state index contributed by atoms with van der Waals surface area (Å²) in [5, 5.41) is 5.55. The highest BCUT2D eigenvalue weighted by atomic mass is 79.9. The van der Waals surface area contributed by atoms with Crippen molar-refractivity contribution in [2.75, 3.05) is 25.5 Å². The summed E-state index contributed by atoms with van der Waals surface area (Å²) >= 11 is 4.87. The second-order valence-corrected chi connectivity index (χ2v) is 8.80. The van der Waals surface area contributed by atoms with E-state index in [2.05, 4.69) is 45.0 Å². The number of methoxy groups -OCH3 is 1. The lowest BCUT2D eigenvalue weighted by Gasteiger charge is -2.34. The number of amides is 1. The van der Waals surface area contributed by atoms with E-state index in [9.17, 15) is 4.79 Å². The number of aromatic nitrogens is 1. The first-order chi connectivity index (χ1) is 12.4. The number of hydrogen-bond donors (Lipinski definition) is 1. The fourth-order valence-corrected chi connectivity index (χ4v) is 4.80. The predicted molar refractivity (Wildman–Crippen MR) is 109 cm³/mol. The monoisotopic (exact) mass is 437 g/mol. The van der Waals surface area contributed by atoms with Gasteiger partial charge in [0.15, 0.2) is 5.13 Å². The molecule has 1 aromatic carbocycles. The third-order valence-electron chi connectivity index (χ3n) is 4.52. The highest BCUT2D eigenvalue weighted by molar-refractivity contribution is 9.10. The molecule has 1 fully saturated rings. The van der Waals surface area contributed by atoms with Crippen LogP contribution < -0.4 is 10.1 Å². The van der Waals surface area contributed by atoms with Crippen LogP contribution >= 0.6 is 27.3 Å². The van der Waals surface area contributed by atoms with Crippen molar-refractivity contribution < 1.29 is 9.53 Å². The molecule has 2 heterocycles. The number of piperidine rings is 1. The van der Waals surface area contributed by atoms with Crippen molar-refractivity contribution in [3.8, 4) is 5.75 Å². The number of ether oxygens (including phenoxy) is 1. The molecule has 1 saturated heterocycles. The Bertz CT molecular complexity index is 770. The minimum atomic E-state index is -0.172. The summed E-state index contributed by atoms with van der Waals surface area (Å²) in [6.07, 6.45) is 1.30. The molecule has 140 valence electrons. The highest BCUT2D eigenvalue weighted by Gasteiger charge is 2.22. The van der Waals surface area contributed by atoms with E-state index in [0.717, 1.165) is 41.6 Å². The van der Waals surface area contributed by atoms with Crippen molar-refractivity contribution >= 4 is 38.3 Å². The maximum absolute atomic E-state index is 12.4. The van der Waals surface area contributed by atoms with Gasteiger partial charge in [0, 0.05) is 30.6 Å². The topological polar surface area (TPSA) is 54.5 Å². The zero-order valence-corrected chi connectivity index (χ0v) is 17.7. The molecule has 5 nitrogen and oxygen atoms in total. The van der Waals surface area contributed by atoms with Gasteiger partial charge < -0.3 is 4.74 Å². The van der Waals surface area contributed by atoms with Crippen molar-refractivity contribution in [3.05, 3.63) is 39.3 Å². The van der Waals surface area contributed by atoms with Crippen LogP contribution in [-0.2, 0) is 6.54 Å². The van der Waals surface area contributed by atoms with E-state index in [-0.39, 0.29) is 5.91 Å². The highest BCUT2D eigenvalue weighted by Crippen LogP contribution is 2.27. The molecule has 1 aliphatic rings. The van der Waals surface area contributed by atoms with Crippen LogP contribution in [0.15, 0.2) is 28.1 Å². The number of rotatable bonds is 5. The number of hydrogen-bond acceptors (Lipinski definition) is 5. The number of anilines is 1. The number of likely N-dealkylation sites (tertiary alicyclic amines) is 1. The molecule has 0 spiro atoms. The Morgan fingerprint density at radius 1 is 1.38 bits per heavy atom. The lowest BCUT2D eigenvalue weighted by atomic mass is 9.92. The molecule has 2 aromatic rings. The first-order valence-corrected chi connectivity index (χ1v) is 10.4. The van der Waals surface area contributed by atoms with Gasteiger partial charge >= 0.3 is 0 Å². The van der Waals surface area contributed by atoms with Crippen LogP contribution in [-0.4, -0.2) is 36.0 Å². The summed E-state index contributed by atoms with van der Waals surface area (Å²) in [5.41, 5.74) is 1.58. The Labute approximate surface area is 166 Å². The molecule has 0 saturated carbocycles. The quantitative estimate of drug-likeness (QED) is 0.739. The molecule has 26 heavy (non-hydrogen) atoms. The molecular weight excluding hydrogens is 414 g/mol. The van der Waals surface area contributed by atoms with Gasteiger partial charge in [-0.25, -0.2) is 4.98 Å². The zero-order valence-electron chi connectivity index (χ0n) is 15.3. The maximum atomic E-state index is 12.4. The maximum Gasteiger partial charge on any atom is 0.257 e. The van der Waals surface area contributed by atoms with Crippen molar-refractivity contribution in [3.63, 3.8) is 0 Å². The van der Waals surface area contributed by atoms with Crippen LogP contribution in [0, 0.1) is 11.8 Å². The number of nitrogens with one attached hydrogen (secondary N) is 1. The second-order valence-electron chi connectivity index (χ2n) is 7.09. The van der Waals surface area contributed by atoms with Crippen molar-refractivity contribution in [2.45, 2.75) is 26.8 Å². The Hall–Kier alpha value is -1.44. The van der Waals surface area contributed by atoms with E-state index >= 15 is 0 Å². The molecule has 0 bridgehead atoms. The fraction of sp³-hybridized carbons (Fsp3) is 0.474. The van der Waals surface area contributed by atoms with Crippen LogP contribution in [0.4, 0.5) is 5.13 Å². The minimum absolute atomic E-state index is 0.172. The van der Waals surface area contributed by atoms with Crippen molar-refractivity contribution in [2.24, 2.45) is 11.8 Å². The first kappa shape index (κ1) is 19.3. The average Bonchev–Trinajstić information content (AvgIpc) is 3.00. The van der Waals surface area contributed by atoms with Crippen molar-refractivity contribution in [1.82, 2.24) is 9.88 Å². The molecule has 1 aromatic heterocycles. The number of benzene rings is 1. The van der Waals surface area contributed by atoms with Crippen LogP contribution in [0.1, 0.15) is 36.3 Å². The summed E-state index contributed by atoms with van der Waals surface area (Å²) < 4.78 is 5.95. The molecule has 0 radical (unpaired) electrons. The first-order valence-electron chi connectivity index (χ1n) is 8.76. The Balaban J connectivity index is 1.61. The van der Waals surface area contributed by atoms with Gasteiger partial charge in [0.25, 0.3) is 5.91 Å². The van der Waals surface area contributed by atoms with Crippen LogP contribution in [0.25, 0.3) is 0 Å². The van der Waals surface area contributed by atoms with Crippen molar-refractivity contribution in [1.29, 1.82) is 0 Å². The summed E-state index contributed by atoms with van der Waals surface area (Å²) in [4.78, 5) is 19.5. The van der Waals surface area contributed by atoms with Gasteiger partial charge in [-0.1, -0.05) is 13.8 Å². The summed E-state index contributed by atoms with van der Waals surface area (Å²) in [6.45, 7) is 7.69. The third-order valence-corrected chi connectivity index (χ3v) is 5.94. The second kappa shape index (κ2) is 8.50. The molecule has 1 aliphatic heterocycles. The smallest absolute Gasteiger partial charge is 0.257 e. The molecule has 0 aliphatic carbocycles. The van der Waals surface area contributed by atoms with E-state index in [1.807, 2.05) is 5.38 Å². The van der Waals surface area contributed by atoms with Gasteiger partial charge in [-0.3, -0.25) is 15.0 Å². The number of thiazole rings is 1. The molecule has 3 rings (SSSR count). The lowest BCUT2D eigenvalue weighted by Crippen LogP contribution is -2.38. The number of halogens is 1. The lowest BCUT2D eigenvalue weighted by molar-refractivity contribution is 0.102. The van der Waals surface area contributed by atoms with Crippen LogP contribution in [0.2, 0.25) is 0 Å². The van der Waals surface area contributed by atoms with E-state index < -0.39 is 0 Å².